The first kappa shape index (κ1) is 19.3. The second kappa shape index (κ2) is 8.37. The SMILES string of the molecule is COc1ccc(C=NO)cc1COc1c(Cl)c(Cl)c(Cl)c(Cl)c1Cl. The summed E-state index contributed by atoms with van der Waals surface area (Å²) in [6.07, 6.45) is 1.28. The van der Waals surface area contributed by atoms with Crippen molar-refractivity contribution in [1.82, 2.24) is 0 Å². The van der Waals surface area contributed by atoms with E-state index in [0.717, 1.165) is 0 Å². The number of halogens is 5. The van der Waals surface area contributed by atoms with Gasteiger partial charge in [-0.3, -0.25) is 0 Å². The Kier molecular flexibility index (Phi) is 6.72. The zero-order chi connectivity index (χ0) is 17.9. The molecule has 0 saturated carbocycles. The van der Waals surface area contributed by atoms with E-state index < -0.39 is 0 Å². The molecule has 4 nitrogen and oxygen atoms in total. The molecule has 0 saturated heterocycles. The highest BCUT2D eigenvalue weighted by Crippen LogP contribution is 2.48. The minimum atomic E-state index is 0.0517. The van der Waals surface area contributed by atoms with Gasteiger partial charge in [-0.15, -0.1) is 0 Å². The minimum absolute atomic E-state index is 0.0517. The van der Waals surface area contributed by atoms with E-state index in [1.54, 1.807) is 18.2 Å². The maximum atomic E-state index is 8.64. The van der Waals surface area contributed by atoms with Crippen LogP contribution in [-0.4, -0.2) is 18.5 Å². The molecule has 0 aliphatic rings. The van der Waals surface area contributed by atoms with Crippen molar-refractivity contribution in [1.29, 1.82) is 0 Å². The fraction of sp³-hybridized carbons (Fsp3) is 0.133. The normalized spacial score (nSPS) is 11.1. The van der Waals surface area contributed by atoms with Crippen molar-refractivity contribution < 1.29 is 14.7 Å². The molecule has 0 amide bonds. The average Bonchev–Trinajstić information content (AvgIpc) is 2.58. The van der Waals surface area contributed by atoms with E-state index >= 15 is 0 Å². The molecule has 0 aliphatic heterocycles. The highest BCUT2D eigenvalue weighted by Gasteiger charge is 2.21. The van der Waals surface area contributed by atoms with E-state index in [2.05, 4.69) is 5.16 Å². The van der Waals surface area contributed by atoms with E-state index in [-0.39, 0.29) is 37.5 Å². The monoisotopic (exact) mass is 427 g/mol. The molecule has 9 heteroatoms. The van der Waals surface area contributed by atoms with Gasteiger partial charge in [-0.05, 0) is 23.8 Å². The van der Waals surface area contributed by atoms with Crippen LogP contribution < -0.4 is 9.47 Å². The molecule has 0 aromatic heterocycles. The van der Waals surface area contributed by atoms with E-state index in [9.17, 15) is 0 Å². The topological polar surface area (TPSA) is 51.0 Å². The molecular weight excluding hydrogens is 419 g/mol. The summed E-state index contributed by atoms with van der Waals surface area (Å²) in [7, 11) is 1.52. The van der Waals surface area contributed by atoms with Crippen LogP contribution in [0.4, 0.5) is 0 Å². The molecule has 0 radical (unpaired) electrons. The lowest BCUT2D eigenvalue weighted by Gasteiger charge is -2.15. The number of rotatable bonds is 5. The van der Waals surface area contributed by atoms with Crippen LogP contribution in [0, 0.1) is 0 Å². The molecule has 0 bridgehead atoms. The smallest absolute Gasteiger partial charge is 0.160 e. The summed E-state index contributed by atoms with van der Waals surface area (Å²) in [5, 5.41) is 11.9. The molecule has 2 aromatic rings. The van der Waals surface area contributed by atoms with Gasteiger partial charge in [0, 0.05) is 5.56 Å². The third kappa shape index (κ3) is 3.95. The van der Waals surface area contributed by atoms with Crippen LogP contribution in [0.1, 0.15) is 11.1 Å². The Morgan fingerprint density at radius 2 is 1.58 bits per heavy atom. The Balaban J connectivity index is 2.37. The zero-order valence-electron chi connectivity index (χ0n) is 12.1. The largest absolute Gasteiger partial charge is 0.496 e. The predicted octanol–water partition coefficient (Wildman–Crippen LogP) is 6.35. The molecule has 1 N–H and O–H groups in total. The standard InChI is InChI=1S/C15H10Cl5NO3/c1-23-9-3-2-7(5-21-22)4-8(9)6-24-15-13(19)11(17)10(16)12(18)14(15)20/h2-5,22H,6H2,1H3. The number of ether oxygens (including phenoxy) is 2. The molecule has 0 heterocycles. The Bertz CT molecular complexity index is 766. The highest BCUT2D eigenvalue weighted by molar-refractivity contribution is 6.55. The van der Waals surface area contributed by atoms with Gasteiger partial charge in [-0.2, -0.15) is 0 Å². The van der Waals surface area contributed by atoms with Gasteiger partial charge in [0.25, 0.3) is 0 Å². The zero-order valence-corrected chi connectivity index (χ0v) is 15.9. The summed E-state index contributed by atoms with van der Waals surface area (Å²) in [5.41, 5.74) is 1.32. The Morgan fingerprint density at radius 3 is 2.12 bits per heavy atom. The second-order valence-electron chi connectivity index (χ2n) is 4.50. The van der Waals surface area contributed by atoms with E-state index in [1.807, 2.05) is 0 Å². The molecule has 128 valence electrons. The lowest BCUT2D eigenvalue weighted by Crippen LogP contribution is -2.01. The van der Waals surface area contributed by atoms with Crippen LogP contribution >= 0.6 is 58.0 Å². The van der Waals surface area contributed by atoms with Crippen molar-refractivity contribution in [3.05, 3.63) is 54.4 Å². The van der Waals surface area contributed by atoms with Gasteiger partial charge in [0.1, 0.15) is 22.4 Å². The predicted molar refractivity (Wildman–Crippen MR) is 98.2 cm³/mol. The van der Waals surface area contributed by atoms with Crippen molar-refractivity contribution >= 4 is 64.2 Å². The first-order chi connectivity index (χ1) is 11.4. The average molecular weight is 430 g/mol. The Hall–Kier alpha value is -1.04. The van der Waals surface area contributed by atoms with Crippen molar-refractivity contribution in [2.24, 2.45) is 5.16 Å². The fourth-order valence-corrected chi connectivity index (χ4v) is 3.15. The molecule has 2 rings (SSSR count). The quantitative estimate of drug-likeness (QED) is 0.198. The van der Waals surface area contributed by atoms with Gasteiger partial charge < -0.3 is 14.7 Å². The molecular formula is C15H10Cl5NO3. The number of methoxy groups -OCH3 is 1. The van der Waals surface area contributed by atoms with E-state index in [1.165, 1.54) is 13.3 Å². The summed E-state index contributed by atoms with van der Waals surface area (Å²) in [6.45, 7) is 0.0595. The van der Waals surface area contributed by atoms with E-state index in [4.69, 9.17) is 72.7 Å². The van der Waals surface area contributed by atoms with Crippen LogP contribution in [0.25, 0.3) is 0 Å². The van der Waals surface area contributed by atoms with E-state index in [0.29, 0.717) is 16.9 Å². The van der Waals surface area contributed by atoms with Gasteiger partial charge in [0.05, 0.1) is 28.4 Å². The van der Waals surface area contributed by atoms with Gasteiger partial charge in [-0.1, -0.05) is 63.2 Å². The third-order valence-electron chi connectivity index (χ3n) is 3.05. The lowest BCUT2D eigenvalue weighted by molar-refractivity contribution is 0.297. The second-order valence-corrected chi connectivity index (χ2v) is 6.39. The number of oxime groups is 1. The molecule has 0 atom stereocenters. The van der Waals surface area contributed by atoms with Crippen LogP contribution in [0.3, 0.4) is 0 Å². The van der Waals surface area contributed by atoms with Gasteiger partial charge in [0.2, 0.25) is 0 Å². The summed E-state index contributed by atoms with van der Waals surface area (Å²) in [5.74, 6) is 0.685. The van der Waals surface area contributed by atoms with Gasteiger partial charge in [-0.25, -0.2) is 0 Å². The van der Waals surface area contributed by atoms with Crippen LogP contribution in [0.5, 0.6) is 11.5 Å². The Morgan fingerprint density at radius 1 is 1.00 bits per heavy atom. The van der Waals surface area contributed by atoms with Crippen molar-refractivity contribution in [2.75, 3.05) is 7.11 Å². The first-order valence-electron chi connectivity index (χ1n) is 6.39. The highest BCUT2D eigenvalue weighted by atomic mass is 35.5. The number of benzene rings is 2. The number of hydrogen-bond acceptors (Lipinski definition) is 4. The van der Waals surface area contributed by atoms with Crippen LogP contribution in [0.2, 0.25) is 25.1 Å². The molecule has 0 unspecified atom stereocenters. The molecule has 0 aliphatic carbocycles. The Labute approximate surface area is 163 Å². The first-order valence-corrected chi connectivity index (χ1v) is 8.28. The minimum Gasteiger partial charge on any atom is -0.496 e. The van der Waals surface area contributed by atoms with Crippen LogP contribution in [0.15, 0.2) is 23.4 Å². The van der Waals surface area contributed by atoms with Crippen LogP contribution in [-0.2, 0) is 6.61 Å². The summed E-state index contributed by atoms with van der Waals surface area (Å²) in [4.78, 5) is 0. The molecule has 0 spiro atoms. The maximum absolute atomic E-state index is 8.64. The third-order valence-corrected chi connectivity index (χ3v) is 5.29. The maximum Gasteiger partial charge on any atom is 0.160 e. The fourth-order valence-electron chi connectivity index (χ4n) is 1.92. The molecule has 24 heavy (non-hydrogen) atoms. The summed E-state index contributed by atoms with van der Waals surface area (Å²) < 4.78 is 10.9. The van der Waals surface area contributed by atoms with Gasteiger partial charge in [0.15, 0.2) is 5.75 Å². The number of hydrogen-bond donors (Lipinski definition) is 1. The van der Waals surface area contributed by atoms with Crippen molar-refractivity contribution in [3.63, 3.8) is 0 Å². The lowest BCUT2D eigenvalue weighted by atomic mass is 10.1. The number of nitrogens with zero attached hydrogens (tertiary/aromatic N) is 1. The summed E-state index contributed by atoms with van der Waals surface area (Å²) in [6, 6.07) is 5.15. The van der Waals surface area contributed by atoms with Gasteiger partial charge >= 0.3 is 0 Å². The molecule has 0 fully saturated rings. The van der Waals surface area contributed by atoms with Crippen molar-refractivity contribution in [2.45, 2.75) is 6.61 Å². The molecule has 2 aromatic carbocycles. The summed E-state index contributed by atoms with van der Waals surface area (Å²) >= 11 is 30.2. The van der Waals surface area contributed by atoms with Crippen molar-refractivity contribution in [3.8, 4) is 11.5 Å².